The first-order valence-electron chi connectivity index (χ1n) is 7.75. The number of carbonyl (C=O) groups excluding carboxylic acids is 2. The fourth-order valence-electron chi connectivity index (χ4n) is 2.37. The predicted octanol–water partition coefficient (Wildman–Crippen LogP) is 3.81. The second kappa shape index (κ2) is 7.83. The minimum Gasteiger partial charge on any atom is -0.317 e. The third kappa shape index (κ3) is 3.99. The Balaban J connectivity index is 2.20. The lowest BCUT2D eigenvalue weighted by atomic mass is 10.0. The maximum atomic E-state index is 13.6. The lowest BCUT2D eigenvalue weighted by Crippen LogP contribution is -2.30. The van der Waals surface area contributed by atoms with E-state index in [0.717, 1.165) is 17.2 Å². The van der Waals surface area contributed by atoms with Crippen LogP contribution in [0.5, 0.6) is 0 Å². The fourth-order valence-corrected chi connectivity index (χ4v) is 2.37. The molecular weight excluding hydrogens is 333 g/mol. The van der Waals surface area contributed by atoms with E-state index >= 15 is 0 Å². The normalized spacial score (nSPS) is 10.4. The van der Waals surface area contributed by atoms with E-state index in [-0.39, 0.29) is 0 Å². The molecule has 2 rings (SSSR count). The molecule has 0 unspecified atom stereocenters. The van der Waals surface area contributed by atoms with Gasteiger partial charge in [-0.05, 0) is 36.1 Å². The first-order chi connectivity index (χ1) is 11.9. The highest BCUT2D eigenvalue weighted by molar-refractivity contribution is 6.43. The Hall–Kier alpha value is -2.83. The predicted molar refractivity (Wildman–Crippen MR) is 88.8 cm³/mol. The van der Waals surface area contributed by atoms with E-state index in [9.17, 15) is 22.8 Å². The van der Waals surface area contributed by atoms with Gasteiger partial charge in [-0.1, -0.05) is 32.0 Å². The minimum absolute atomic E-state index is 0.526. The Morgan fingerprint density at radius 1 is 0.840 bits per heavy atom. The van der Waals surface area contributed by atoms with Crippen molar-refractivity contribution in [2.24, 2.45) is 0 Å². The molecule has 0 atom stereocenters. The van der Waals surface area contributed by atoms with E-state index in [1.165, 1.54) is 0 Å². The number of para-hydroxylation sites is 1. The van der Waals surface area contributed by atoms with Crippen LogP contribution < -0.4 is 10.6 Å². The quantitative estimate of drug-likeness (QED) is 0.651. The largest absolute Gasteiger partial charge is 0.317 e. The Morgan fingerprint density at radius 2 is 1.40 bits per heavy atom. The maximum Gasteiger partial charge on any atom is 0.314 e. The summed E-state index contributed by atoms with van der Waals surface area (Å²) in [6, 6.07) is 7.00. The van der Waals surface area contributed by atoms with Crippen LogP contribution in [0, 0.1) is 17.5 Å². The molecule has 0 aliphatic heterocycles. The van der Waals surface area contributed by atoms with E-state index in [2.05, 4.69) is 5.32 Å². The number of benzene rings is 2. The summed E-state index contributed by atoms with van der Waals surface area (Å²) in [6.45, 7) is 3.81. The van der Waals surface area contributed by atoms with Crippen LogP contribution in [0.2, 0.25) is 0 Å². The van der Waals surface area contributed by atoms with Crippen LogP contribution in [0.15, 0.2) is 30.3 Å². The molecular formula is C18H17F3N2O2. The van der Waals surface area contributed by atoms with Gasteiger partial charge < -0.3 is 10.6 Å². The smallest absolute Gasteiger partial charge is 0.314 e. The van der Waals surface area contributed by atoms with Crippen LogP contribution in [-0.2, 0) is 22.4 Å². The molecule has 25 heavy (non-hydrogen) atoms. The van der Waals surface area contributed by atoms with Crippen molar-refractivity contribution in [3.63, 3.8) is 0 Å². The van der Waals surface area contributed by atoms with E-state index in [0.29, 0.717) is 24.6 Å². The van der Waals surface area contributed by atoms with E-state index in [4.69, 9.17) is 0 Å². The van der Waals surface area contributed by atoms with E-state index in [1.54, 1.807) is 0 Å². The van der Waals surface area contributed by atoms with Crippen molar-refractivity contribution < 1.29 is 22.8 Å². The van der Waals surface area contributed by atoms with Crippen LogP contribution in [0.1, 0.15) is 25.0 Å². The average molecular weight is 350 g/mol. The molecule has 0 aliphatic carbocycles. The third-order valence-electron chi connectivity index (χ3n) is 3.73. The van der Waals surface area contributed by atoms with E-state index < -0.39 is 35.0 Å². The van der Waals surface area contributed by atoms with Gasteiger partial charge in [0.05, 0.1) is 5.69 Å². The molecule has 0 heterocycles. The molecule has 0 aliphatic rings. The number of hydrogen-bond donors (Lipinski definition) is 2. The standard InChI is InChI=1S/C18H17F3N2O2/c1-3-10-6-5-7-11(4-2)16(10)23-18(25)17(24)22-13-9-8-12(19)14(20)15(13)21/h5-9H,3-4H2,1-2H3,(H,22,24)(H,23,25). The number of halogens is 3. The van der Waals surface area contributed by atoms with Crippen molar-refractivity contribution in [2.45, 2.75) is 26.7 Å². The first kappa shape index (κ1) is 18.5. The number of anilines is 2. The Labute approximate surface area is 143 Å². The molecule has 2 aromatic carbocycles. The molecule has 2 amide bonds. The van der Waals surface area contributed by atoms with Crippen molar-refractivity contribution in [3.8, 4) is 0 Å². The lowest BCUT2D eigenvalue weighted by Gasteiger charge is -2.14. The van der Waals surface area contributed by atoms with Crippen LogP contribution >= 0.6 is 0 Å². The summed E-state index contributed by atoms with van der Waals surface area (Å²) >= 11 is 0. The van der Waals surface area contributed by atoms with Gasteiger partial charge in [0.15, 0.2) is 17.5 Å². The van der Waals surface area contributed by atoms with Gasteiger partial charge in [-0.3, -0.25) is 9.59 Å². The molecule has 0 saturated carbocycles. The lowest BCUT2D eigenvalue weighted by molar-refractivity contribution is -0.133. The van der Waals surface area contributed by atoms with Crippen LogP contribution in [-0.4, -0.2) is 11.8 Å². The molecule has 132 valence electrons. The second-order valence-corrected chi connectivity index (χ2v) is 5.29. The summed E-state index contributed by atoms with van der Waals surface area (Å²) in [4.78, 5) is 24.1. The number of hydrogen-bond acceptors (Lipinski definition) is 2. The van der Waals surface area contributed by atoms with Gasteiger partial charge in [-0.2, -0.15) is 0 Å². The Kier molecular flexibility index (Phi) is 5.80. The molecule has 2 aromatic rings. The molecule has 0 radical (unpaired) electrons. The summed E-state index contributed by atoms with van der Waals surface area (Å²) in [6.07, 6.45) is 1.28. The molecule has 4 nitrogen and oxygen atoms in total. The summed E-state index contributed by atoms with van der Waals surface area (Å²) < 4.78 is 39.7. The molecule has 2 N–H and O–H groups in total. The molecule has 0 saturated heterocycles. The van der Waals surface area contributed by atoms with Gasteiger partial charge in [-0.15, -0.1) is 0 Å². The summed E-state index contributed by atoms with van der Waals surface area (Å²) in [5.41, 5.74) is 1.61. The second-order valence-electron chi connectivity index (χ2n) is 5.29. The van der Waals surface area contributed by atoms with Gasteiger partial charge in [-0.25, -0.2) is 13.2 Å². The maximum absolute atomic E-state index is 13.6. The van der Waals surface area contributed by atoms with Crippen molar-refractivity contribution >= 4 is 23.2 Å². The number of aryl methyl sites for hydroxylation is 2. The zero-order valence-corrected chi connectivity index (χ0v) is 13.8. The fraction of sp³-hybridized carbons (Fsp3) is 0.222. The molecule has 0 bridgehead atoms. The van der Waals surface area contributed by atoms with E-state index in [1.807, 2.05) is 37.4 Å². The molecule has 0 spiro atoms. The summed E-state index contributed by atoms with van der Waals surface area (Å²) in [7, 11) is 0. The van der Waals surface area contributed by atoms with Gasteiger partial charge >= 0.3 is 11.8 Å². The molecule has 7 heteroatoms. The average Bonchev–Trinajstić information content (AvgIpc) is 2.62. The Morgan fingerprint density at radius 3 is 1.96 bits per heavy atom. The first-order valence-corrected chi connectivity index (χ1v) is 7.75. The number of nitrogens with one attached hydrogen (secondary N) is 2. The van der Waals surface area contributed by atoms with Crippen molar-refractivity contribution in [1.82, 2.24) is 0 Å². The van der Waals surface area contributed by atoms with Crippen molar-refractivity contribution in [3.05, 3.63) is 58.9 Å². The van der Waals surface area contributed by atoms with Gasteiger partial charge in [0.2, 0.25) is 0 Å². The minimum atomic E-state index is -1.72. The molecule has 0 aromatic heterocycles. The summed E-state index contributed by atoms with van der Waals surface area (Å²) in [5, 5.41) is 4.45. The SMILES string of the molecule is CCc1cccc(CC)c1NC(=O)C(=O)Nc1ccc(F)c(F)c1F. The number of carbonyl (C=O) groups is 2. The van der Waals surface area contributed by atoms with Crippen LogP contribution in [0.4, 0.5) is 24.5 Å². The summed E-state index contributed by atoms with van der Waals surface area (Å²) in [5.74, 6) is -6.88. The zero-order valence-electron chi connectivity index (χ0n) is 13.8. The van der Waals surface area contributed by atoms with Crippen LogP contribution in [0.3, 0.4) is 0 Å². The highest BCUT2D eigenvalue weighted by atomic mass is 19.2. The third-order valence-corrected chi connectivity index (χ3v) is 3.73. The zero-order chi connectivity index (χ0) is 18.6. The van der Waals surface area contributed by atoms with Gasteiger partial charge in [0.1, 0.15) is 0 Å². The highest BCUT2D eigenvalue weighted by Gasteiger charge is 2.20. The van der Waals surface area contributed by atoms with Gasteiger partial charge in [0.25, 0.3) is 0 Å². The number of amides is 2. The topological polar surface area (TPSA) is 58.2 Å². The van der Waals surface area contributed by atoms with Gasteiger partial charge in [0, 0.05) is 5.69 Å². The Bertz CT molecular complexity index is 800. The van der Waals surface area contributed by atoms with Crippen LogP contribution in [0.25, 0.3) is 0 Å². The number of rotatable bonds is 4. The molecule has 0 fully saturated rings. The monoisotopic (exact) mass is 350 g/mol. The van der Waals surface area contributed by atoms with Crippen molar-refractivity contribution in [1.29, 1.82) is 0 Å². The highest BCUT2D eigenvalue weighted by Crippen LogP contribution is 2.23. The van der Waals surface area contributed by atoms with Crippen molar-refractivity contribution in [2.75, 3.05) is 10.6 Å².